The Bertz CT molecular complexity index is 649. The molecule has 0 aliphatic rings. The number of Topliss-reactive ketones (excluding diaryl/α,β-unsaturated/α-hetero) is 1. The molecule has 0 saturated heterocycles. The number of nitrogens with one attached hydrogen (secondary N) is 1. The SMILES string of the molecule is CC(=O)c1csc(NC(=O)CC(C)c2ccc(N)cc2)n1. The van der Waals surface area contributed by atoms with Crippen molar-refractivity contribution >= 4 is 33.8 Å². The molecule has 1 aromatic carbocycles. The van der Waals surface area contributed by atoms with Gasteiger partial charge in [0.25, 0.3) is 0 Å². The highest BCUT2D eigenvalue weighted by molar-refractivity contribution is 7.14. The molecule has 0 aliphatic heterocycles. The van der Waals surface area contributed by atoms with Crippen LogP contribution >= 0.6 is 11.3 Å². The van der Waals surface area contributed by atoms with Crippen molar-refractivity contribution in [3.8, 4) is 0 Å². The maximum atomic E-state index is 12.0. The highest BCUT2D eigenvalue weighted by atomic mass is 32.1. The van der Waals surface area contributed by atoms with E-state index in [1.54, 1.807) is 5.38 Å². The topological polar surface area (TPSA) is 85.1 Å². The monoisotopic (exact) mass is 303 g/mol. The number of thiazole rings is 1. The second-order valence-corrected chi connectivity index (χ2v) is 5.77. The van der Waals surface area contributed by atoms with Crippen LogP contribution in [-0.2, 0) is 4.79 Å². The summed E-state index contributed by atoms with van der Waals surface area (Å²) < 4.78 is 0. The van der Waals surface area contributed by atoms with E-state index in [1.807, 2.05) is 31.2 Å². The zero-order valence-corrected chi connectivity index (χ0v) is 12.7. The average Bonchev–Trinajstić information content (AvgIpc) is 2.87. The number of nitrogens with zero attached hydrogens (tertiary/aromatic N) is 1. The summed E-state index contributed by atoms with van der Waals surface area (Å²) in [5, 5.41) is 4.81. The molecule has 0 radical (unpaired) electrons. The van der Waals surface area contributed by atoms with Crippen LogP contribution in [0.2, 0.25) is 0 Å². The van der Waals surface area contributed by atoms with Crippen molar-refractivity contribution in [3.05, 3.63) is 40.9 Å². The zero-order chi connectivity index (χ0) is 15.4. The lowest BCUT2D eigenvalue weighted by atomic mass is 9.97. The van der Waals surface area contributed by atoms with Gasteiger partial charge in [-0.05, 0) is 23.6 Å². The van der Waals surface area contributed by atoms with Crippen LogP contribution in [0.25, 0.3) is 0 Å². The standard InChI is InChI=1S/C15H17N3O2S/c1-9(11-3-5-12(16)6-4-11)7-14(20)18-15-17-13(8-21-15)10(2)19/h3-6,8-9H,7,16H2,1-2H3,(H,17,18,20). The van der Waals surface area contributed by atoms with Gasteiger partial charge in [0, 0.05) is 24.4 Å². The van der Waals surface area contributed by atoms with Crippen LogP contribution < -0.4 is 11.1 Å². The maximum absolute atomic E-state index is 12.0. The summed E-state index contributed by atoms with van der Waals surface area (Å²) in [6.45, 7) is 3.43. The quantitative estimate of drug-likeness (QED) is 0.656. The molecule has 0 bridgehead atoms. The molecule has 1 amide bonds. The average molecular weight is 303 g/mol. The molecule has 1 aromatic heterocycles. The molecule has 6 heteroatoms. The fourth-order valence-electron chi connectivity index (χ4n) is 1.88. The van der Waals surface area contributed by atoms with Crippen LogP contribution in [0.5, 0.6) is 0 Å². The first-order chi connectivity index (χ1) is 9.95. The van der Waals surface area contributed by atoms with E-state index in [0.29, 0.717) is 22.9 Å². The van der Waals surface area contributed by atoms with E-state index in [-0.39, 0.29) is 17.6 Å². The van der Waals surface area contributed by atoms with Crippen LogP contribution in [0.4, 0.5) is 10.8 Å². The number of anilines is 2. The molecule has 1 atom stereocenters. The molecule has 0 aliphatic carbocycles. The Hall–Kier alpha value is -2.21. The Kier molecular flexibility index (Phi) is 4.70. The molecular weight excluding hydrogens is 286 g/mol. The van der Waals surface area contributed by atoms with Crippen molar-refractivity contribution in [1.82, 2.24) is 4.98 Å². The zero-order valence-electron chi connectivity index (χ0n) is 11.9. The van der Waals surface area contributed by atoms with Crippen molar-refractivity contribution in [3.63, 3.8) is 0 Å². The van der Waals surface area contributed by atoms with E-state index in [2.05, 4.69) is 10.3 Å². The first kappa shape index (κ1) is 15.2. The van der Waals surface area contributed by atoms with Crippen molar-refractivity contribution in [2.45, 2.75) is 26.2 Å². The largest absolute Gasteiger partial charge is 0.399 e. The predicted octanol–water partition coefficient (Wildman–Crippen LogP) is 3.06. The molecule has 2 rings (SSSR count). The molecule has 3 N–H and O–H groups in total. The minimum absolute atomic E-state index is 0.0813. The van der Waals surface area contributed by atoms with E-state index >= 15 is 0 Å². The van der Waals surface area contributed by atoms with Crippen molar-refractivity contribution in [2.24, 2.45) is 0 Å². The van der Waals surface area contributed by atoms with Gasteiger partial charge in [0.1, 0.15) is 5.69 Å². The summed E-state index contributed by atoms with van der Waals surface area (Å²) >= 11 is 1.25. The molecule has 1 unspecified atom stereocenters. The summed E-state index contributed by atoms with van der Waals surface area (Å²) in [7, 11) is 0. The number of hydrogen-bond acceptors (Lipinski definition) is 5. The van der Waals surface area contributed by atoms with Gasteiger partial charge >= 0.3 is 0 Å². The van der Waals surface area contributed by atoms with Gasteiger partial charge in [-0.3, -0.25) is 9.59 Å². The smallest absolute Gasteiger partial charge is 0.226 e. The molecule has 0 saturated carbocycles. The molecule has 110 valence electrons. The van der Waals surface area contributed by atoms with Gasteiger partial charge in [-0.15, -0.1) is 11.3 Å². The highest BCUT2D eigenvalue weighted by Gasteiger charge is 2.13. The number of carbonyl (C=O) groups excluding carboxylic acids is 2. The molecule has 1 heterocycles. The van der Waals surface area contributed by atoms with Crippen LogP contribution in [0.15, 0.2) is 29.6 Å². The van der Waals surface area contributed by atoms with Crippen molar-refractivity contribution < 1.29 is 9.59 Å². The summed E-state index contributed by atoms with van der Waals surface area (Å²) in [4.78, 5) is 27.2. The van der Waals surface area contributed by atoms with Gasteiger partial charge in [-0.1, -0.05) is 19.1 Å². The minimum Gasteiger partial charge on any atom is -0.399 e. The van der Waals surface area contributed by atoms with Crippen LogP contribution in [-0.4, -0.2) is 16.7 Å². The Morgan fingerprint density at radius 3 is 2.57 bits per heavy atom. The summed E-state index contributed by atoms with van der Waals surface area (Å²) in [5.74, 6) is -0.149. The van der Waals surface area contributed by atoms with Gasteiger partial charge in [-0.2, -0.15) is 0 Å². The number of amides is 1. The first-order valence-corrected chi connectivity index (χ1v) is 7.45. The van der Waals surface area contributed by atoms with E-state index in [4.69, 9.17) is 5.73 Å². The number of carbonyl (C=O) groups is 2. The predicted molar refractivity (Wildman–Crippen MR) is 84.6 cm³/mol. The van der Waals surface area contributed by atoms with Gasteiger partial charge < -0.3 is 11.1 Å². The number of benzene rings is 1. The lowest BCUT2D eigenvalue weighted by Gasteiger charge is -2.11. The van der Waals surface area contributed by atoms with E-state index in [9.17, 15) is 9.59 Å². The third-order valence-electron chi connectivity index (χ3n) is 3.11. The lowest BCUT2D eigenvalue weighted by molar-refractivity contribution is -0.116. The molecule has 21 heavy (non-hydrogen) atoms. The van der Waals surface area contributed by atoms with Crippen LogP contribution in [0.3, 0.4) is 0 Å². The maximum Gasteiger partial charge on any atom is 0.226 e. The third-order valence-corrected chi connectivity index (χ3v) is 3.87. The second kappa shape index (κ2) is 6.49. The number of aromatic nitrogens is 1. The summed E-state index contributed by atoms with van der Waals surface area (Å²) in [6.07, 6.45) is 0.346. The Morgan fingerprint density at radius 2 is 2.00 bits per heavy atom. The van der Waals surface area contributed by atoms with E-state index in [1.165, 1.54) is 18.3 Å². The van der Waals surface area contributed by atoms with E-state index in [0.717, 1.165) is 5.56 Å². The summed E-state index contributed by atoms with van der Waals surface area (Å²) in [6, 6.07) is 7.49. The third kappa shape index (κ3) is 4.13. The first-order valence-electron chi connectivity index (χ1n) is 6.57. The Balaban J connectivity index is 1.94. The molecule has 0 spiro atoms. The van der Waals surface area contributed by atoms with Crippen LogP contribution in [0.1, 0.15) is 42.2 Å². The number of nitrogen functional groups attached to an aromatic ring is 1. The normalized spacial score (nSPS) is 11.9. The lowest BCUT2D eigenvalue weighted by Crippen LogP contribution is -2.14. The fourth-order valence-corrected chi connectivity index (χ4v) is 2.65. The number of hydrogen-bond donors (Lipinski definition) is 2. The molecule has 5 nitrogen and oxygen atoms in total. The Labute approximate surface area is 127 Å². The van der Waals surface area contributed by atoms with Gasteiger partial charge in [-0.25, -0.2) is 4.98 Å². The highest BCUT2D eigenvalue weighted by Crippen LogP contribution is 2.22. The van der Waals surface area contributed by atoms with Gasteiger partial charge in [0.15, 0.2) is 10.9 Å². The van der Waals surface area contributed by atoms with Gasteiger partial charge in [0.2, 0.25) is 5.91 Å². The van der Waals surface area contributed by atoms with Crippen LogP contribution in [0, 0.1) is 0 Å². The van der Waals surface area contributed by atoms with E-state index < -0.39 is 0 Å². The van der Waals surface area contributed by atoms with Crippen molar-refractivity contribution in [1.29, 1.82) is 0 Å². The molecule has 0 fully saturated rings. The number of ketones is 1. The number of nitrogens with two attached hydrogens (primary N) is 1. The second-order valence-electron chi connectivity index (χ2n) is 4.91. The fraction of sp³-hybridized carbons (Fsp3) is 0.267. The van der Waals surface area contributed by atoms with Gasteiger partial charge in [0.05, 0.1) is 0 Å². The van der Waals surface area contributed by atoms with Crippen molar-refractivity contribution in [2.75, 3.05) is 11.1 Å². The molecule has 2 aromatic rings. The number of rotatable bonds is 5. The molecular formula is C15H17N3O2S. The summed E-state index contributed by atoms with van der Waals surface area (Å²) in [5.41, 5.74) is 7.78. The Morgan fingerprint density at radius 1 is 1.33 bits per heavy atom. The minimum atomic E-state index is -0.122.